The molecule has 3 aromatic rings. The van der Waals surface area contributed by atoms with Crippen molar-refractivity contribution >= 4 is 11.8 Å². The average Bonchev–Trinajstić information content (AvgIpc) is 3.39. The number of carbonyl (C=O) groups excluding carboxylic acids is 2. The van der Waals surface area contributed by atoms with E-state index in [-0.39, 0.29) is 18.9 Å². The Hall–Kier alpha value is -3.62. The van der Waals surface area contributed by atoms with Crippen molar-refractivity contribution in [2.45, 2.75) is 63.8 Å². The van der Waals surface area contributed by atoms with Crippen molar-refractivity contribution in [3.63, 3.8) is 0 Å². The summed E-state index contributed by atoms with van der Waals surface area (Å²) in [5.74, 6) is -2.12. The molecule has 0 aliphatic carbocycles. The Kier molecular flexibility index (Phi) is 9.66. The van der Waals surface area contributed by atoms with Crippen LogP contribution in [0.3, 0.4) is 0 Å². The van der Waals surface area contributed by atoms with Crippen LogP contribution in [-0.2, 0) is 34.5 Å². The van der Waals surface area contributed by atoms with Crippen molar-refractivity contribution in [3.05, 3.63) is 107 Å². The number of rotatable bonds is 11. The molecule has 3 aromatic carbocycles. The van der Waals surface area contributed by atoms with E-state index < -0.39 is 35.2 Å². The smallest absolute Gasteiger partial charge is 0.250 e. The van der Waals surface area contributed by atoms with Crippen LogP contribution in [0.1, 0.15) is 48.9 Å². The molecule has 0 spiro atoms. The molecule has 2 amide bonds. The summed E-state index contributed by atoms with van der Waals surface area (Å²) >= 11 is 0. The van der Waals surface area contributed by atoms with Crippen LogP contribution >= 0.6 is 0 Å². The zero-order valence-electron chi connectivity index (χ0n) is 23.0. The van der Waals surface area contributed by atoms with E-state index >= 15 is 0 Å². The summed E-state index contributed by atoms with van der Waals surface area (Å²) in [7, 11) is 0. The first-order chi connectivity index (χ1) is 19.2. The average molecular weight is 550 g/mol. The Morgan fingerprint density at radius 2 is 1.68 bits per heavy atom. The Labute approximate surface area is 234 Å². The number of aliphatic hydroxyl groups is 1. The maximum atomic E-state index is 14.1. The number of aliphatic hydroxyl groups excluding tert-OH is 1. The third-order valence-electron chi connectivity index (χ3n) is 7.63. The number of aryl methyl sites for hydroxylation is 1. The highest BCUT2D eigenvalue weighted by Gasteiger charge is 2.50. The third-order valence-corrected chi connectivity index (χ3v) is 7.63. The van der Waals surface area contributed by atoms with Crippen LogP contribution in [0, 0.1) is 11.6 Å². The van der Waals surface area contributed by atoms with Crippen LogP contribution in [0.5, 0.6) is 0 Å². The predicted octanol–water partition coefficient (Wildman–Crippen LogP) is 4.24. The molecule has 3 N–H and O–H groups in total. The second kappa shape index (κ2) is 13.2. The van der Waals surface area contributed by atoms with Gasteiger partial charge in [0.05, 0.1) is 12.1 Å². The maximum absolute atomic E-state index is 14.1. The number of likely N-dealkylation sites (tertiary alicyclic amines) is 1. The molecule has 1 unspecified atom stereocenters. The van der Waals surface area contributed by atoms with Crippen LogP contribution in [0.4, 0.5) is 8.78 Å². The van der Waals surface area contributed by atoms with Crippen LogP contribution in [0.15, 0.2) is 72.8 Å². The minimum absolute atomic E-state index is 0.000469. The summed E-state index contributed by atoms with van der Waals surface area (Å²) in [6, 6.07) is 19.5. The summed E-state index contributed by atoms with van der Waals surface area (Å²) in [6.07, 6.45) is 0.896. The molecule has 1 heterocycles. The molecular weight excluding hydrogens is 512 g/mol. The fourth-order valence-corrected chi connectivity index (χ4v) is 5.65. The Morgan fingerprint density at radius 3 is 2.35 bits per heavy atom. The highest BCUT2D eigenvalue weighted by atomic mass is 19.1. The van der Waals surface area contributed by atoms with E-state index in [1.807, 2.05) is 42.5 Å². The van der Waals surface area contributed by atoms with E-state index in [0.29, 0.717) is 37.1 Å². The number of hydrogen-bond donors (Lipinski definition) is 3. The van der Waals surface area contributed by atoms with E-state index in [0.717, 1.165) is 18.1 Å². The first-order valence-corrected chi connectivity index (χ1v) is 13.8. The lowest BCUT2D eigenvalue weighted by Crippen LogP contribution is -2.59. The second-order valence-corrected chi connectivity index (χ2v) is 10.4. The number of nitrogens with zero attached hydrogens (tertiary/aromatic N) is 1. The molecule has 4 rings (SSSR count). The number of halogens is 2. The standard InChI is InChI=1S/C32H37F2N3O3/c1-3-23-9-7-10-24(15-23)20-35-21-30(39)29(18-25-16-27(33)19-28(34)17-25)36-31(40)32(26-11-5-4-6-12-26)13-8-14-37(32)22(2)38/h4-7,9-12,15-17,19,29-30,35,39H,3,8,13-14,18,20-21H2,1-2H3,(H,36,40)/t29-,30+,32?/m0/s1. The van der Waals surface area contributed by atoms with E-state index in [9.17, 15) is 23.5 Å². The zero-order chi connectivity index (χ0) is 28.7. The predicted molar refractivity (Wildman–Crippen MR) is 150 cm³/mol. The van der Waals surface area contributed by atoms with Gasteiger partial charge in [-0.15, -0.1) is 0 Å². The molecule has 1 fully saturated rings. The lowest BCUT2D eigenvalue weighted by molar-refractivity contribution is -0.145. The lowest BCUT2D eigenvalue weighted by Gasteiger charge is -2.39. The largest absolute Gasteiger partial charge is 0.390 e. The van der Waals surface area contributed by atoms with Crippen molar-refractivity contribution < 1.29 is 23.5 Å². The van der Waals surface area contributed by atoms with Gasteiger partial charge in [0.25, 0.3) is 5.91 Å². The van der Waals surface area contributed by atoms with Crippen LogP contribution < -0.4 is 10.6 Å². The normalized spacial score (nSPS) is 18.4. The van der Waals surface area contributed by atoms with Crippen LogP contribution in [0.2, 0.25) is 0 Å². The third kappa shape index (κ3) is 6.74. The number of nitrogens with one attached hydrogen (secondary N) is 2. The minimum Gasteiger partial charge on any atom is -0.390 e. The maximum Gasteiger partial charge on any atom is 0.250 e. The topological polar surface area (TPSA) is 81.7 Å². The number of carbonyl (C=O) groups is 2. The second-order valence-electron chi connectivity index (χ2n) is 10.4. The van der Waals surface area contributed by atoms with Crippen molar-refractivity contribution in [2.75, 3.05) is 13.1 Å². The minimum atomic E-state index is -1.24. The molecule has 0 aromatic heterocycles. The van der Waals surface area contributed by atoms with Gasteiger partial charge < -0.3 is 20.6 Å². The molecule has 8 heteroatoms. The van der Waals surface area contributed by atoms with Gasteiger partial charge >= 0.3 is 0 Å². The van der Waals surface area contributed by atoms with E-state index in [1.54, 1.807) is 4.90 Å². The van der Waals surface area contributed by atoms with Crippen LogP contribution in [0.25, 0.3) is 0 Å². The van der Waals surface area contributed by atoms with Gasteiger partial charge in [0.1, 0.15) is 17.2 Å². The first kappa shape index (κ1) is 29.4. The van der Waals surface area contributed by atoms with E-state index in [1.165, 1.54) is 24.6 Å². The van der Waals surface area contributed by atoms with Gasteiger partial charge in [-0.1, -0.05) is 61.5 Å². The first-order valence-electron chi connectivity index (χ1n) is 13.8. The Morgan fingerprint density at radius 1 is 0.975 bits per heavy atom. The van der Waals surface area contributed by atoms with Crippen molar-refractivity contribution in [2.24, 2.45) is 0 Å². The summed E-state index contributed by atoms with van der Waals surface area (Å²) in [4.78, 5) is 28.3. The molecule has 0 saturated carbocycles. The molecule has 0 radical (unpaired) electrons. The van der Waals surface area contributed by atoms with Crippen molar-refractivity contribution in [1.82, 2.24) is 15.5 Å². The molecule has 40 heavy (non-hydrogen) atoms. The summed E-state index contributed by atoms with van der Waals surface area (Å²) in [6.45, 7) is 4.59. The molecular formula is C32H37F2N3O3. The van der Waals surface area contributed by atoms with Crippen molar-refractivity contribution in [1.29, 1.82) is 0 Å². The SMILES string of the molecule is CCc1cccc(CNC[C@@H](O)[C@H](Cc2cc(F)cc(F)c2)NC(=O)C2(c3ccccc3)CCCN2C(C)=O)c1. The van der Waals surface area contributed by atoms with Gasteiger partial charge in [0.15, 0.2) is 0 Å². The molecule has 3 atom stereocenters. The highest BCUT2D eigenvalue weighted by Crippen LogP contribution is 2.39. The fourth-order valence-electron chi connectivity index (χ4n) is 5.65. The number of benzene rings is 3. The molecule has 1 saturated heterocycles. The zero-order valence-corrected chi connectivity index (χ0v) is 23.0. The van der Waals surface area contributed by atoms with Gasteiger partial charge in [-0.3, -0.25) is 9.59 Å². The van der Waals surface area contributed by atoms with Gasteiger partial charge in [0, 0.05) is 32.6 Å². The van der Waals surface area contributed by atoms with Gasteiger partial charge in [-0.2, -0.15) is 0 Å². The summed E-state index contributed by atoms with van der Waals surface area (Å²) in [5, 5.41) is 17.5. The van der Waals surface area contributed by atoms with Gasteiger partial charge in [-0.05, 0) is 60.1 Å². The molecule has 6 nitrogen and oxygen atoms in total. The molecule has 0 bridgehead atoms. The Balaban J connectivity index is 1.58. The molecule has 1 aliphatic rings. The number of hydrogen-bond acceptors (Lipinski definition) is 4. The summed E-state index contributed by atoms with van der Waals surface area (Å²) in [5.41, 5.74) is 2.01. The molecule has 1 aliphatic heterocycles. The van der Waals surface area contributed by atoms with E-state index in [2.05, 4.69) is 29.7 Å². The fraction of sp³-hybridized carbons (Fsp3) is 0.375. The lowest BCUT2D eigenvalue weighted by atomic mass is 9.85. The van der Waals surface area contributed by atoms with Crippen LogP contribution in [-0.4, -0.2) is 47.1 Å². The summed E-state index contributed by atoms with van der Waals surface area (Å²) < 4.78 is 28.0. The Bertz CT molecular complexity index is 1300. The highest BCUT2D eigenvalue weighted by molar-refractivity contribution is 5.93. The van der Waals surface area contributed by atoms with Crippen molar-refractivity contribution in [3.8, 4) is 0 Å². The van der Waals surface area contributed by atoms with Gasteiger partial charge in [-0.25, -0.2) is 8.78 Å². The quantitative estimate of drug-likeness (QED) is 0.334. The monoisotopic (exact) mass is 549 g/mol. The van der Waals surface area contributed by atoms with E-state index in [4.69, 9.17) is 0 Å². The molecule has 212 valence electrons. The van der Waals surface area contributed by atoms with Gasteiger partial charge in [0.2, 0.25) is 5.91 Å². The number of amides is 2.